The molecule has 1 aliphatic heterocycles. The molecule has 3 N–H and O–H groups in total. The molecule has 0 spiro atoms. The van der Waals surface area contributed by atoms with Crippen molar-refractivity contribution in [3.05, 3.63) is 77.6 Å². The Kier molecular flexibility index (Phi) is 7.26. The van der Waals surface area contributed by atoms with Gasteiger partial charge in [0, 0.05) is 60.4 Å². The summed E-state index contributed by atoms with van der Waals surface area (Å²) < 4.78 is 2.20. The number of thiol groups is 1. The van der Waals surface area contributed by atoms with E-state index in [0.29, 0.717) is 31.0 Å². The van der Waals surface area contributed by atoms with Gasteiger partial charge in [0.2, 0.25) is 5.69 Å². The number of carbonyl (C=O) groups is 1. The molecule has 178 valence electrons. The number of hydrogen-bond donors (Lipinski definition) is 4. The van der Waals surface area contributed by atoms with Crippen molar-refractivity contribution in [1.29, 1.82) is 0 Å². The van der Waals surface area contributed by atoms with Crippen molar-refractivity contribution in [2.45, 2.75) is 19.3 Å². The fraction of sp³-hybridized carbons (Fsp3) is 0.333. The van der Waals surface area contributed by atoms with E-state index in [1.54, 1.807) is 0 Å². The molecule has 0 aliphatic carbocycles. The summed E-state index contributed by atoms with van der Waals surface area (Å²) in [5.74, 6) is 0.527. The van der Waals surface area contributed by atoms with Gasteiger partial charge in [0.1, 0.15) is 0 Å². The minimum atomic E-state index is -0.260. The number of fused-ring (bicyclic) bond motifs is 3. The highest BCUT2D eigenvalue weighted by molar-refractivity contribution is 7.80. The van der Waals surface area contributed by atoms with Gasteiger partial charge in [-0.2, -0.15) is 17.2 Å². The molecule has 0 atom stereocenters. The summed E-state index contributed by atoms with van der Waals surface area (Å²) in [6.07, 6.45) is 2.09. The second-order valence-corrected chi connectivity index (χ2v) is 9.44. The highest BCUT2D eigenvalue weighted by atomic mass is 32.1. The molecule has 1 aromatic heterocycles. The molecule has 0 fully saturated rings. The maximum atomic E-state index is 12.5. The number of aromatic nitrogens is 1. The molecule has 34 heavy (non-hydrogen) atoms. The van der Waals surface area contributed by atoms with E-state index in [-0.39, 0.29) is 24.5 Å². The molecule has 7 heteroatoms. The van der Waals surface area contributed by atoms with E-state index in [1.165, 1.54) is 5.69 Å². The van der Waals surface area contributed by atoms with Gasteiger partial charge < -0.3 is 20.4 Å². The number of nitrogens with one attached hydrogen (secondary N) is 1. The first-order chi connectivity index (χ1) is 16.4. The van der Waals surface area contributed by atoms with Gasteiger partial charge in [-0.1, -0.05) is 12.1 Å². The monoisotopic (exact) mass is 478 g/mol. The van der Waals surface area contributed by atoms with E-state index in [2.05, 4.69) is 66.8 Å². The van der Waals surface area contributed by atoms with E-state index in [0.717, 1.165) is 28.1 Å². The van der Waals surface area contributed by atoms with Crippen molar-refractivity contribution in [3.8, 4) is 16.8 Å². The second kappa shape index (κ2) is 10.2. The number of nitrogens with zero attached hydrogens (tertiary/aromatic N) is 2. The zero-order valence-electron chi connectivity index (χ0n) is 19.7. The van der Waals surface area contributed by atoms with Gasteiger partial charge in [-0.25, -0.2) is 0 Å². The fourth-order valence-electron chi connectivity index (χ4n) is 4.64. The van der Waals surface area contributed by atoms with Gasteiger partial charge in [-0.15, -0.1) is 0 Å². The summed E-state index contributed by atoms with van der Waals surface area (Å²) in [5, 5.41) is 21.5. The Morgan fingerprint density at radius 3 is 2.35 bits per heavy atom. The standard InChI is InChI=1S/C27H31N3O3S/c1-27(2)23-17-21(26(33)28-10-16-34)5-8-24(23)30-11-9-20(18-25(27)30)19-3-6-22(7-4-19)29(12-14-31)13-15-32/h3-9,11,17-18,31-32H,10,12-16H2,1-2H3,(H-,28,33,34)/p+1. The molecule has 2 heterocycles. The van der Waals surface area contributed by atoms with Crippen LogP contribution in [0.1, 0.15) is 35.5 Å². The first kappa shape index (κ1) is 24.3. The third kappa shape index (κ3) is 4.56. The van der Waals surface area contributed by atoms with Crippen LogP contribution in [-0.2, 0) is 5.41 Å². The topological polar surface area (TPSA) is 76.7 Å². The predicted octanol–water partition coefficient (Wildman–Crippen LogP) is 2.72. The summed E-state index contributed by atoms with van der Waals surface area (Å²) in [6, 6.07) is 18.4. The van der Waals surface area contributed by atoms with Crippen molar-refractivity contribution < 1.29 is 19.6 Å². The highest BCUT2D eigenvalue weighted by Crippen LogP contribution is 2.39. The second-order valence-electron chi connectivity index (χ2n) is 8.99. The Labute approximate surface area is 206 Å². The fourth-order valence-corrected chi connectivity index (χ4v) is 4.76. The summed E-state index contributed by atoms with van der Waals surface area (Å²) in [7, 11) is 0. The Bertz CT molecular complexity index is 1170. The van der Waals surface area contributed by atoms with Crippen LogP contribution in [-0.4, -0.2) is 54.7 Å². The minimum Gasteiger partial charge on any atom is -0.395 e. The number of benzene rings is 2. The van der Waals surface area contributed by atoms with Crippen LogP contribution in [0.25, 0.3) is 16.8 Å². The average molecular weight is 479 g/mol. The highest BCUT2D eigenvalue weighted by Gasteiger charge is 2.44. The van der Waals surface area contributed by atoms with Crippen molar-refractivity contribution in [3.63, 3.8) is 0 Å². The molecule has 6 nitrogen and oxygen atoms in total. The number of rotatable bonds is 9. The summed E-state index contributed by atoms with van der Waals surface area (Å²) in [5.41, 5.74) is 6.97. The van der Waals surface area contributed by atoms with Gasteiger partial charge in [0.15, 0.2) is 11.9 Å². The van der Waals surface area contributed by atoms with E-state index in [4.69, 9.17) is 0 Å². The summed E-state index contributed by atoms with van der Waals surface area (Å²) >= 11 is 4.17. The third-order valence-corrected chi connectivity index (χ3v) is 6.71. The van der Waals surface area contributed by atoms with Crippen LogP contribution in [0.15, 0.2) is 60.8 Å². The van der Waals surface area contributed by atoms with Crippen LogP contribution in [0.5, 0.6) is 0 Å². The van der Waals surface area contributed by atoms with Gasteiger partial charge in [0.25, 0.3) is 5.91 Å². The maximum absolute atomic E-state index is 12.5. The lowest BCUT2D eigenvalue weighted by Gasteiger charge is -2.23. The molecule has 0 saturated heterocycles. The maximum Gasteiger partial charge on any atom is 0.251 e. The Balaban J connectivity index is 1.64. The molecular formula is C27H32N3O3S+. The number of aliphatic hydroxyl groups is 2. The van der Waals surface area contributed by atoms with Crippen LogP contribution < -0.4 is 14.8 Å². The minimum absolute atomic E-state index is 0.0397. The van der Waals surface area contributed by atoms with Crippen molar-refractivity contribution in [2.75, 3.05) is 43.5 Å². The van der Waals surface area contributed by atoms with Gasteiger partial charge in [-0.3, -0.25) is 4.79 Å². The summed E-state index contributed by atoms with van der Waals surface area (Å²) in [4.78, 5) is 14.5. The van der Waals surface area contributed by atoms with Crippen LogP contribution in [0, 0.1) is 0 Å². The Morgan fingerprint density at radius 1 is 1.00 bits per heavy atom. The first-order valence-corrected chi connectivity index (χ1v) is 12.2. The molecule has 0 bridgehead atoms. The smallest absolute Gasteiger partial charge is 0.251 e. The molecule has 2 aromatic carbocycles. The number of amides is 1. The van der Waals surface area contributed by atoms with Crippen LogP contribution in [0.3, 0.4) is 0 Å². The molecule has 3 aromatic rings. The lowest BCUT2D eigenvalue weighted by molar-refractivity contribution is -0.599. The van der Waals surface area contributed by atoms with Crippen molar-refractivity contribution in [1.82, 2.24) is 5.32 Å². The molecule has 0 saturated carbocycles. The lowest BCUT2D eigenvalue weighted by Crippen LogP contribution is -2.34. The molecular weight excluding hydrogens is 446 g/mol. The number of anilines is 1. The van der Waals surface area contributed by atoms with Gasteiger partial charge in [0.05, 0.1) is 18.6 Å². The van der Waals surface area contributed by atoms with Gasteiger partial charge in [-0.05, 0) is 49.2 Å². The first-order valence-electron chi connectivity index (χ1n) is 11.6. The lowest BCUT2D eigenvalue weighted by atomic mass is 9.82. The van der Waals surface area contributed by atoms with E-state index < -0.39 is 0 Å². The zero-order valence-corrected chi connectivity index (χ0v) is 20.6. The Hall–Kier alpha value is -2.87. The quantitative estimate of drug-likeness (QED) is 0.282. The largest absolute Gasteiger partial charge is 0.395 e. The van der Waals surface area contributed by atoms with Crippen LogP contribution >= 0.6 is 12.6 Å². The van der Waals surface area contributed by atoms with Crippen LogP contribution in [0.2, 0.25) is 0 Å². The number of hydrogen-bond acceptors (Lipinski definition) is 5. The zero-order chi connectivity index (χ0) is 24.3. The molecule has 1 amide bonds. The average Bonchev–Trinajstić information content (AvgIpc) is 3.08. The van der Waals surface area contributed by atoms with E-state index >= 15 is 0 Å². The Morgan fingerprint density at radius 2 is 1.71 bits per heavy atom. The molecule has 0 unspecified atom stereocenters. The molecule has 0 radical (unpaired) electrons. The van der Waals surface area contributed by atoms with Crippen molar-refractivity contribution in [2.24, 2.45) is 0 Å². The molecule has 4 rings (SSSR count). The van der Waals surface area contributed by atoms with Crippen molar-refractivity contribution >= 4 is 24.2 Å². The van der Waals surface area contributed by atoms with Gasteiger partial charge >= 0.3 is 0 Å². The van der Waals surface area contributed by atoms with E-state index in [9.17, 15) is 15.0 Å². The number of aliphatic hydroxyl groups excluding tert-OH is 2. The number of pyridine rings is 1. The summed E-state index contributed by atoms with van der Waals surface area (Å²) in [6.45, 7) is 5.96. The third-order valence-electron chi connectivity index (χ3n) is 6.49. The van der Waals surface area contributed by atoms with E-state index in [1.807, 2.05) is 35.2 Å². The SMILES string of the molecule is CC1(C)c2cc(C(=O)NCCS)ccc2-[n+]2ccc(-c3ccc(N(CCO)CCO)cc3)cc21. The number of carbonyl (C=O) groups excluding carboxylic acids is 1. The predicted molar refractivity (Wildman–Crippen MR) is 138 cm³/mol. The normalized spacial score (nSPS) is 13.3. The van der Waals surface area contributed by atoms with Crippen LogP contribution in [0.4, 0.5) is 5.69 Å². The molecule has 1 aliphatic rings.